The summed E-state index contributed by atoms with van der Waals surface area (Å²) in [5.41, 5.74) is 1.14. The van der Waals surface area contributed by atoms with Crippen LogP contribution in [0.2, 0.25) is 5.02 Å². The maximum atomic E-state index is 11.2. The van der Waals surface area contributed by atoms with Crippen molar-refractivity contribution in [1.82, 2.24) is 4.98 Å². The predicted octanol–water partition coefficient (Wildman–Crippen LogP) is 3.09. The number of aryl methyl sites for hydroxylation is 1. The second-order valence-corrected chi connectivity index (χ2v) is 7.74. The van der Waals surface area contributed by atoms with Gasteiger partial charge in [0.1, 0.15) is 0 Å². The number of nitrogens with zero attached hydrogens (tertiary/aromatic N) is 1. The molecule has 1 heterocycles. The second-order valence-electron chi connectivity index (χ2n) is 4.27. The number of thiazole rings is 1. The van der Waals surface area contributed by atoms with Gasteiger partial charge in [0.15, 0.2) is 0 Å². The van der Waals surface area contributed by atoms with Crippen molar-refractivity contribution >= 4 is 44.3 Å². The van der Waals surface area contributed by atoms with Crippen LogP contribution in [0.4, 0.5) is 11.4 Å². The summed E-state index contributed by atoms with van der Waals surface area (Å²) < 4.78 is 24.8. The van der Waals surface area contributed by atoms with Gasteiger partial charge >= 0.3 is 0 Å². The topological polar surface area (TPSA) is 71.1 Å². The molecule has 0 aliphatic heterocycles. The van der Waals surface area contributed by atoms with E-state index in [1.807, 2.05) is 6.92 Å². The van der Waals surface area contributed by atoms with Gasteiger partial charge < -0.3 is 5.32 Å². The normalized spacial score (nSPS) is 11.3. The zero-order valence-electron chi connectivity index (χ0n) is 11.0. The molecule has 0 spiro atoms. The predicted molar refractivity (Wildman–Crippen MR) is 84.1 cm³/mol. The van der Waals surface area contributed by atoms with Gasteiger partial charge in [-0.05, 0) is 25.1 Å². The van der Waals surface area contributed by atoms with E-state index < -0.39 is 10.0 Å². The molecule has 8 heteroatoms. The van der Waals surface area contributed by atoms with Crippen molar-refractivity contribution in [1.29, 1.82) is 0 Å². The maximum Gasteiger partial charge on any atom is 0.229 e. The van der Waals surface area contributed by atoms with Gasteiger partial charge in [-0.25, -0.2) is 13.4 Å². The molecule has 2 rings (SSSR count). The Labute approximate surface area is 127 Å². The summed E-state index contributed by atoms with van der Waals surface area (Å²) in [5, 5.41) is 4.71. The van der Waals surface area contributed by atoms with Crippen molar-refractivity contribution in [2.45, 2.75) is 13.5 Å². The highest BCUT2D eigenvalue weighted by atomic mass is 35.5. The Balaban J connectivity index is 2.12. The number of nitrogens with one attached hydrogen (secondary N) is 2. The molecule has 1 aromatic heterocycles. The first-order chi connectivity index (χ1) is 9.33. The number of rotatable bonds is 5. The minimum absolute atomic E-state index is 0.472. The van der Waals surface area contributed by atoms with E-state index in [0.29, 0.717) is 22.9 Å². The lowest BCUT2D eigenvalue weighted by molar-refractivity contribution is 0.607. The smallest absolute Gasteiger partial charge is 0.229 e. The molecule has 20 heavy (non-hydrogen) atoms. The van der Waals surface area contributed by atoms with Gasteiger partial charge in [-0.3, -0.25) is 4.72 Å². The average molecular weight is 332 g/mol. The third kappa shape index (κ3) is 4.36. The second kappa shape index (κ2) is 5.99. The van der Waals surface area contributed by atoms with Crippen LogP contribution >= 0.6 is 22.9 Å². The Kier molecular flexibility index (Phi) is 4.52. The van der Waals surface area contributed by atoms with Crippen molar-refractivity contribution in [2.75, 3.05) is 16.3 Å². The zero-order valence-corrected chi connectivity index (χ0v) is 13.4. The molecule has 0 radical (unpaired) electrons. The molecule has 2 aromatic rings. The highest BCUT2D eigenvalue weighted by Gasteiger charge is 2.06. The van der Waals surface area contributed by atoms with Gasteiger partial charge in [0, 0.05) is 11.1 Å². The summed E-state index contributed by atoms with van der Waals surface area (Å²) in [6.07, 6.45) is 2.91. The Morgan fingerprint density at radius 3 is 2.75 bits per heavy atom. The van der Waals surface area contributed by atoms with E-state index in [2.05, 4.69) is 15.0 Å². The fourth-order valence-corrected chi connectivity index (χ4v) is 3.08. The minimum Gasteiger partial charge on any atom is -0.379 e. The highest BCUT2D eigenvalue weighted by molar-refractivity contribution is 7.92. The van der Waals surface area contributed by atoms with Crippen molar-refractivity contribution in [2.24, 2.45) is 0 Å². The molecule has 2 N–H and O–H groups in total. The number of anilines is 2. The van der Waals surface area contributed by atoms with E-state index in [1.54, 1.807) is 35.7 Å². The van der Waals surface area contributed by atoms with Crippen LogP contribution in [0.15, 0.2) is 24.4 Å². The number of aromatic nitrogens is 1. The van der Waals surface area contributed by atoms with Crippen LogP contribution in [0, 0.1) is 6.92 Å². The van der Waals surface area contributed by atoms with Crippen molar-refractivity contribution in [3.8, 4) is 0 Å². The summed E-state index contributed by atoms with van der Waals surface area (Å²) in [4.78, 5) is 5.25. The molecular formula is C12H14ClN3O2S2. The Hall–Kier alpha value is -1.31. The van der Waals surface area contributed by atoms with Gasteiger partial charge in [0.25, 0.3) is 0 Å². The monoisotopic (exact) mass is 331 g/mol. The first kappa shape index (κ1) is 15.1. The van der Waals surface area contributed by atoms with Crippen LogP contribution in [-0.2, 0) is 16.6 Å². The Bertz CT molecular complexity index is 713. The van der Waals surface area contributed by atoms with Crippen molar-refractivity contribution in [3.63, 3.8) is 0 Å². The Morgan fingerprint density at radius 2 is 2.15 bits per heavy atom. The van der Waals surface area contributed by atoms with E-state index >= 15 is 0 Å². The lowest BCUT2D eigenvalue weighted by Crippen LogP contribution is -2.09. The molecular weight excluding hydrogens is 318 g/mol. The summed E-state index contributed by atoms with van der Waals surface area (Å²) in [5.74, 6) is 0. The number of hydrogen-bond acceptors (Lipinski definition) is 5. The largest absolute Gasteiger partial charge is 0.379 e. The van der Waals surface area contributed by atoms with Gasteiger partial charge in [0.2, 0.25) is 10.0 Å². The van der Waals surface area contributed by atoms with Gasteiger partial charge in [-0.1, -0.05) is 11.6 Å². The molecule has 0 bridgehead atoms. The van der Waals surface area contributed by atoms with Crippen molar-refractivity contribution < 1.29 is 8.42 Å². The third-order valence-electron chi connectivity index (χ3n) is 2.39. The van der Waals surface area contributed by atoms with Gasteiger partial charge in [-0.15, -0.1) is 11.3 Å². The summed E-state index contributed by atoms with van der Waals surface area (Å²) in [7, 11) is -3.30. The first-order valence-corrected chi connectivity index (χ1v) is 8.84. The van der Waals surface area contributed by atoms with E-state index in [-0.39, 0.29) is 0 Å². The minimum atomic E-state index is -3.30. The van der Waals surface area contributed by atoms with Crippen molar-refractivity contribution in [3.05, 3.63) is 39.3 Å². The highest BCUT2D eigenvalue weighted by Crippen LogP contribution is 2.27. The van der Waals surface area contributed by atoms with Crippen LogP contribution in [-0.4, -0.2) is 19.7 Å². The molecule has 0 aliphatic carbocycles. The van der Waals surface area contributed by atoms with Crippen LogP contribution < -0.4 is 10.0 Å². The fraction of sp³-hybridized carbons (Fsp3) is 0.250. The summed E-state index contributed by atoms with van der Waals surface area (Å²) in [6, 6.07) is 4.93. The number of benzene rings is 1. The quantitative estimate of drug-likeness (QED) is 0.883. The Morgan fingerprint density at radius 1 is 1.40 bits per heavy atom. The van der Waals surface area contributed by atoms with E-state index in [0.717, 1.165) is 16.1 Å². The van der Waals surface area contributed by atoms with E-state index in [9.17, 15) is 8.42 Å². The standard InChI is InChI=1S/C12H14ClN3O2S2/c1-8-14-6-10(19-8)7-15-12-5-9(3-4-11(12)13)16-20(2,17)18/h3-6,15-16H,7H2,1-2H3. The number of hydrogen-bond donors (Lipinski definition) is 2. The maximum absolute atomic E-state index is 11.2. The molecule has 0 saturated heterocycles. The molecule has 1 aromatic carbocycles. The van der Waals surface area contributed by atoms with Crippen LogP contribution in [0.1, 0.15) is 9.88 Å². The van der Waals surface area contributed by atoms with Crippen LogP contribution in [0.25, 0.3) is 0 Å². The van der Waals surface area contributed by atoms with Crippen LogP contribution in [0.3, 0.4) is 0 Å². The average Bonchev–Trinajstić information content (AvgIpc) is 2.74. The molecule has 108 valence electrons. The summed E-state index contributed by atoms with van der Waals surface area (Å²) in [6.45, 7) is 2.53. The molecule has 0 saturated carbocycles. The SMILES string of the molecule is Cc1ncc(CNc2cc(NS(C)(=O)=O)ccc2Cl)s1. The first-order valence-electron chi connectivity index (χ1n) is 5.76. The lowest BCUT2D eigenvalue weighted by Gasteiger charge is -2.10. The molecule has 0 amide bonds. The summed E-state index contributed by atoms with van der Waals surface area (Å²) >= 11 is 7.69. The fourth-order valence-electron chi connectivity index (χ4n) is 1.61. The molecule has 0 unspecified atom stereocenters. The van der Waals surface area contributed by atoms with Crippen LogP contribution in [0.5, 0.6) is 0 Å². The van der Waals surface area contributed by atoms with E-state index in [4.69, 9.17) is 11.6 Å². The zero-order chi connectivity index (χ0) is 14.8. The number of halogens is 1. The third-order valence-corrected chi connectivity index (χ3v) is 4.24. The van der Waals surface area contributed by atoms with Gasteiger partial charge in [0.05, 0.1) is 34.2 Å². The molecule has 0 aliphatic rings. The van der Waals surface area contributed by atoms with E-state index in [1.165, 1.54) is 0 Å². The lowest BCUT2D eigenvalue weighted by atomic mass is 10.3. The van der Waals surface area contributed by atoms with Gasteiger partial charge in [-0.2, -0.15) is 0 Å². The molecule has 5 nitrogen and oxygen atoms in total. The molecule has 0 atom stereocenters. The number of sulfonamides is 1. The molecule has 0 fully saturated rings.